The minimum atomic E-state index is -0.0341. The van der Waals surface area contributed by atoms with Crippen LogP contribution in [0.4, 0.5) is 0 Å². The lowest BCUT2D eigenvalue weighted by atomic mass is 10.1. The van der Waals surface area contributed by atoms with Gasteiger partial charge in [-0.2, -0.15) is 5.10 Å². The van der Waals surface area contributed by atoms with E-state index in [0.717, 1.165) is 37.0 Å². The Morgan fingerprint density at radius 3 is 3.04 bits per heavy atom. The van der Waals surface area contributed by atoms with Crippen molar-refractivity contribution >= 4 is 11.4 Å². The zero-order chi connectivity index (χ0) is 18.8. The Kier molecular flexibility index (Phi) is 4.62. The van der Waals surface area contributed by atoms with E-state index in [1.165, 1.54) is 6.08 Å². The van der Waals surface area contributed by atoms with Crippen molar-refractivity contribution in [1.82, 2.24) is 24.5 Å². The predicted octanol–water partition coefficient (Wildman–Crippen LogP) is 2.64. The first-order valence-corrected chi connectivity index (χ1v) is 8.99. The zero-order valence-electron chi connectivity index (χ0n) is 15.2. The van der Waals surface area contributed by atoms with Crippen LogP contribution in [0, 0.1) is 6.92 Å². The topological polar surface area (TPSA) is 85.8 Å². The van der Waals surface area contributed by atoms with E-state index in [4.69, 9.17) is 9.15 Å². The molecule has 1 saturated heterocycles. The highest BCUT2D eigenvalue weighted by molar-refractivity contribution is 5.86. The van der Waals surface area contributed by atoms with E-state index in [1.54, 1.807) is 23.2 Å². The average Bonchev–Trinajstić information content (AvgIpc) is 3.26. The number of fused-ring (bicyclic) bond motifs is 1. The molecular weight excluding hydrogens is 346 g/mol. The average molecular weight is 367 g/mol. The quantitative estimate of drug-likeness (QED) is 0.659. The molecule has 8 nitrogen and oxygen atoms in total. The van der Waals surface area contributed by atoms with Crippen molar-refractivity contribution in [2.24, 2.45) is 0 Å². The summed E-state index contributed by atoms with van der Waals surface area (Å²) >= 11 is 0. The second kappa shape index (κ2) is 7.22. The minimum absolute atomic E-state index is 0.0274. The first-order valence-electron chi connectivity index (χ1n) is 8.99. The van der Waals surface area contributed by atoms with Crippen molar-refractivity contribution in [2.75, 3.05) is 13.1 Å². The Morgan fingerprint density at radius 1 is 1.37 bits per heavy atom. The molecule has 1 fully saturated rings. The van der Waals surface area contributed by atoms with Crippen molar-refractivity contribution in [3.05, 3.63) is 43.1 Å². The molecule has 0 saturated carbocycles. The lowest BCUT2D eigenvalue weighted by Gasteiger charge is -2.19. The number of amides is 1. The number of aromatic nitrogens is 4. The third kappa shape index (κ3) is 3.55. The lowest BCUT2D eigenvalue weighted by Crippen LogP contribution is -2.30. The van der Waals surface area contributed by atoms with Crippen molar-refractivity contribution in [1.29, 1.82) is 0 Å². The van der Waals surface area contributed by atoms with Gasteiger partial charge in [0.05, 0.1) is 18.1 Å². The Bertz CT molecular complexity index is 977. The molecule has 0 N–H and O–H groups in total. The summed E-state index contributed by atoms with van der Waals surface area (Å²) in [5.74, 6) is 0.890. The van der Waals surface area contributed by atoms with E-state index in [-0.39, 0.29) is 12.0 Å². The van der Waals surface area contributed by atoms with Crippen LogP contribution >= 0.6 is 0 Å². The molecule has 1 atom stereocenters. The Morgan fingerprint density at radius 2 is 2.26 bits per heavy atom. The summed E-state index contributed by atoms with van der Waals surface area (Å²) in [5, 5.41) is 4.29. The normalized spacial score (nSPS) is 17.7. The van der Waals surface area contributed by atoms with E-state index >= 15 is 0 Å². The fourth-order valence-corrected chi connectivity index (χ4v) is 3.25. The number of hydrogen-bond acceptors (Lipinski definition) is 6. The van der Waals surface area contributed by atoms with Crippen molar-refractivity contribution in [3.63, 3.8) is 0 Å². The first kappa shape index (κ1) is 17.3. The summed E-state index contributed by atoms with van der Waals surface area (Å²) in [5.41, 5.74) is 2.13. The summed E-state index contributed by atoms with van der Waals surface area (Å²) in [6, 6.07) is 1.86. The van der Waals surface area contributed by atoms with Crippen LogP contribution in [0.3, 0.4) is 0 Å². The number of carbonyl (C=O) groups is 1. The highest BCUT2D eigenvalue weighted by Crippen LogP contribution is 2.26. The number of rotatable bonds is 4. The number of ether oxygens (including phenoxy) is 1. The second-order valence-electron chi connectivity index (χ2n) is 6.59. The van der Waals surface area contributed by atoms with E-state index in [0.29, 0.717) is 24.0 Å². The molecule has 0 unspecified atom stereocenters. The van der Waals surface area contributed by atoms with E-state index in [1.807, 2.05) is 17.9 Å². The van der Waals surface area contributed by atoms with Gasteiger partial charge in [0.25, 0.3) is 0 Å². The van der Waals surface area contributed by atoms with Crippen molar-refractivity contribution in [3.8, 4) is 17.5 Å². The van der Waals surface area contributed by atoms with Crippen LogP contribution in [0.25, 0.3) is 17.1 Å². The Labute approximate surface area is 156 Å². The molecule has 0 bridgehead atoms. The van der Waals surface area contributed by atoms with Crippen LogP contribution < -0.4 is 4.74 Å². The summed E-state index contributed by atoms with van der Waals surface area (Å²) in [4.78, 5) is 22.6. The van der Waals surface area contributed by atoms with Crippen LogP contribution in [0.15, 0.2) is 41.8 Å². The fourth-order valence-electron chi connectivity index (χ4n) is 3.25. The summed E-state index contributed by atoms with van der Waals surface area (Å²) in [6.45, 7) is 6.79. The van der Waals surface area contributed by atoms with Crippen LogP contribution in [0.1, 0.15) is 25.0 Å². The highest BCUT2D eigenvalue weighted by Gasteiger charge is 2.22. The largest absolute Gasteiger partial charge is 0.473 e. The molecule has 3 aromatic heterocycles. The van der Waals surface area contributed by atoms with Crippen LogP contribution in [-0.4, -0.2) is 49.6 Å². The van der Waals surface area contributed by atoms with E-state index in [2.05, 4.69) is 21.6 Å². The minimum Gasteiger partial charge on any atom is -0.473 e. The number of likely N-dealkylation sites (tertiary alicyclic amines) is 1. The molecule has 8 heteroatoms. The zero-order valence-corrected chi connectivity index (χ0v) is 15.2. The Balaban J connectivity index is 1.59. The van der Waals surface area contributed by atoms with Gasteiger partial charge in [0.2, 0.25) is 17.7 Å². The molecule has 27 heavy (non-hydrogen) atoms. The van der Waals surface area contributed by atoms with Gasteiger partial charge in [-0.15, -0.1) is 0 Å². The molecule has 0 aromatic carbocycles. The third-order valence-corrected chi connectivity index (χ3v) is 4.63. The van der Waals surface area contributed by atoms with Crippen molar-refractivity contribution < 1.29 is 13.9 Å². The predicted molar refractivity (Wildman–Crippen MR) is 98.3 cm³/mol. The molecule has 140 valence electrons. The smallest absolute Gasteiger partial charge is 0.247 e. The number of hydrogen-bond donors (Lipinski definition) is 0. The van der Waals surface area contributed by atoms with Gasteiger partial charge in [0, 0.05) is 19.5 Å². The van der Waals surface area contributed by atoms with Crippen LogP contribution in [0.5, 0.6) is 5.88 Å². The van der Waals surface area contributed by atoms with Gasteiger partial charge in [-0.25, -0.2) is 14.5 Å². The SMILES string of the molecule is C=CC(=O)N1CCC[C@@H](Oc2nc(-c3nc(C)co3)cn3nccc23)CC1. The summed E-state index contributed by atoms with van der Waals surface area (Å²) in [6.07, 6.45) is 8.85. The maximum absolute atomic E-state index is 11.9. The number of oxazole rings is 1. The van der Waals surface area contributed by atoms with E-state index in [9.17, 15) is 4.79 Å². The fraction of sp³-hybridized carbons (Fsp3) is 0.368. The molecule has 3 aromatic rings. The molecule has 4 rings (SSSR count). The van der Waals surface area contributed by atoms with Gasteiger partial charge in [-0.3, -0.25) is 4.79 Å². The molecule has 1 aliphatic heterocycles. The number of aryl methyl sites for hydroxylation is 1. The van der Waals surface area contributed by atoms with Crippen LogP contribution in [0.2, 0.25) is 0 Å². The molecule has 1 amide bonds. The molecule has 0 spiro atoms. The highest BCUT2D eigenvalue weighted by atomic mass is 16.5. The molecular formula is C19H21N5O3. The molecule has 4 heterocycles. The van der Waals surface area contributed by atoms with Gasteiger partial charge < -0.3 is 14.1 Å². The van der Waals surface area contributed by atoms with Gasteiger partial charge in [-0.05, 0) is 31.9 Å². The third-order valence-electron chi connectivity index (χ3n) is 4.63. The molecule has 0 radical (unpaired) electrons. The summed E-state index contributed by atoms with van der Waals surface area (Å²) in [7, 11) is 0. The monoisotopic (exact) mass is 367 g/mol. The maximum atomic E-state index is 11.9. The molecule has 0 aliphatic carbocycles. The van der Waals surface area contributed by atoms with Gasteiger partial charge in [-0.1, -0.05) is 6.58 Å². The van der Waals surface area contributed by atoms with Crippen molar-refractivity contribution in [2.45, 2.75) is 32.3 Å². The first-order chi connectivity index (χ1) is 13.1. The maximum Gasteiger partial charge on any atom is 0.247 e. The lowest BCUT2D eigenvalue weighted by molar-refractivity contribution is -0.126. The number of nitrogens with zero attached hydrogens (tertiary/aromatic N) is 5. The number of carbonyl (C=O) groups excluding carboxylic acids is 1. The van der Waals surface area contributed by atoms with Gasteiger partial charge in [0.15, 0.2) is 0 Å². The Hall–Kier alpha value is -3.16. The van der Waals surface area contributed by atoms with E-state index < -0.39 is 0 Å². The van der Waals surface area contributed by atoms with Crippen LogP contribution in [-0.2, 0) is 4.79 Å². The summed E-state index contributed by atoms with van der Waals surface area (Å²) < 4.78 is 13.4. The standard InChI is InChI=1S/C19H21N5O3/c1-3-17(25)23-9-4-5-14(7-10-23)27-19-16-6-8-20-24(16)11-15(22-19)18-21-13(2)12-26-18/h3,6,8,11-12,14H,1,4-5,7,9-10H2,2H3/t14-/m1/s1. The van der Waals surface area contributed by atoms with Gasteiger partial charge in [0.1, 0.15) is 23.6 Å². The molecule has 1 aliphatic rings. The second-order valence-corrected chi connectivity index (χ2v) is 6.59. The van der Waals surface area contributed by atoms with Gasteiger partial charge >= 0.3 is 0 Å².